The predicted molar refractivity (Wildman–Crippen MR) is 109 cm³/mol. The maximum atomic E-state index is 6.47. The molecule has 2 heterocycles. The molecule has 1 aliphatic carbocycles. The molecular formula is C20H29Cl3N2. The maximum Gasteiger partial charge on any atom is 0.0465 e. The minimum absolute atomic E-state index is 0. The van der Waals surface area contributed by atoms with E-state index in [1.807, 2.05) is 12.1 Å². The lowest BCUT2D eigenvalue weighted by atomic mass is 9.78. The van der Waals surface area contributed by atoms with Gasteiger partial charge in [-0.25, -0.2) is 0 Å². The van der Waals surface area contributed by atoms with Gasteiger partial charge in [-0.15, -0.1) is 12.4 Å². The summed E-state index contributed by atoms with van der Waals surface area (Å²) in [4.78, 5) is 5.51. The van der Waals surface area contributed by atoms with E-state index in [-0.39, 0.29) is 12.4 Å². The van der Waals surface area contributed by atoms with Crippen LogP contribution in [0.2, 0.25) is 10.0 Å². The molecule has 140 valence electrons. The van der Waals surface area contributed by atoms with Gasteiger partial charge in [-0.1, -0.05) is 48.5 Å². The van der Waals surface area contributed by atoms with Crippen LogP contribution in [-0.2, 0) is 6.54 Å². The van der Waals surface area contributed by atoms with Gasteiger partial charge in [-0.2, -0.15) is 0 Å². The van der Waals surface area contributed by atoms with Crippen molar-refractivity contribution in [1.82, 2.24) is 9.80 Å². The lowest BCUT2D eigenvalue weighted by Crippen LogP contribution is -2.59. The second-order valence-corrected chi connectivity index (χ2v) is 8.68. The van der Waals surface area contributed by atoms with Gasteiger partial charge >= 0.3 is 0 Å². The Morgan fingerprint density at radius 1 is 0.920 bits per heavy atom. The van der Waals surface area contributed by atoms with Gasteiger partial charge in [0.05, 0.1) is 0 Å². The summed E-state index contributed by atoms with van der Waals surface area (Å²) in [7, 11) is 0. The number of fused-ring (bicyclic) bond motifs is 1. The van der Waals surface area contributed by atoms with Gasteiger partial charge in [-0.3, -0.25) is 9.80 Å². The molecule has 25 heavy (non-hydrogen) atoms. The molecule has 2 atom stereocenters. The largest absolute Gasteiger partial charge is 0.298 e. The summed E-state index contributed by atoms with van der Waals surface area (Å²) in [5.41, 5.74) is 1.23. The van der Waals surface area contributed by atoms with Crippen LogP contribution in [0.15, 0.2) is 18.2 Å². The standard InChI is InChI=1S/C20H28Cl2N2.ClH/c21-17-9-8-16(18(22)13-17)14-24-12-11-23-10-4-7-19(23)20(24)15-5-2-1-3-6-15;/h8-9,13,15,19-20H,1-7,10-12,14H2;1H. The monoisotopic (exact) mass is 402 g/mol. The zero-order chi connectivity index (χ0) is 16.5. The highest BCUT2D eigenvalue weighted by Crippen LogP contribution is 2.38. The Balaban J connectivity index is 0.00000182. The van der Waals surface area contributed by atoms with Crippen molar-refractivity contribution in [3.63, 3.8) is 0 Å². The Morgan fingerprint density at radius 3 is 2.48 bits per heavy atom. The van der Waals surface area contributed by atoms with Crippen molar-refractivity contribution in [2.75, 3.05) is 19.6 Å². The maximum absolute atomic E-state index is 6.47. The number of halogens is 3. The Morgan fingerprint density at radius 2 is 1.72 bits per heavy atom. The third-order valence-corrected chi connectivity index (χ3v) is 7.01. The summed E-state index contributed by atoms with van der Waals surface area (Å²) in [6, 6.07) is 7.47. The van der Waals surface area contributed by atoms with Crippen LogP contribution in [0.5, 0.6) is 0 Å². The van der Waals surface area contributed by atoms with E-state index in [0.717, 1.165) is 28.5 Å². The number of hydrogen-bond acceptors (Lipinski definition) is 2. The molecule has 0 amide bonds. The third kappa shape index (κ3) is 4.30. The molecular weight excluding hydrogens is 375 g/mol. The average Bonchev–Trinajstić information content (AvgIpc) is 3.06. The van der Waals surface area contributed by atoms with E-state index < -0.39 is 0 Å². The predicted octanol–water partition coefficient (Wildman–Crippen LogP) is 5.64. The summed E-state index contributed by atoms with van der Waals surface area (Å²) < 4.78 is 0. The van der Waals surface area contributed by atoms with Crippen molar-refractivity contribution in [2.45, 2.75) is 63.6 Å². The van der Waals surface area contributed by atoms with Gasteiger partial charge in [0.15, 0.2) is 0 Å². The van der Waals surface area contributed by atoms with E-state index in [4.69, 9.17) is 23.2 Å². The molecule has 0 radical (unpaired) electrons. The van der Waals surface area contributed by atoms with Crippen LogP contribution < -0.4 is 0 Å². The van der Waals surface area contributed by atoms with Gasteiger partial charge < -0.3 is 0 Å². The fourth-order valence-corrected chi connectivity index (χ4v) is 5.78. The van der Waals surface area contributed by atoms with Gasteiger partial charge in [0.1, 0.15) is 0 Å². The number of rotatable bonds is 3. The van der Waals surface area contributed by atoms with Crippen molar-refractivity contribution in [3.05, 3.63) is 33.8 Å². The van der Waals surface area contributed by atoms with Crippen LogP contribution in [0.4, 0.5) is 0 Å². The Kier molecular flexibility index (Phi) is 6.96. The molecule has 1 aromatic rings. The van der Waals surface area contributed by atoms with E-state index in [1.54, 1.807) is 0 Å². The van der Waals surface area contributed by atoms with Crippen LogP contribution in [-0.4, -0.2) is 41.5 Å². The Labute approximate surface area is 168 Å². The van der Waals surface area contributed by atoms with E-state index in [2.05, 4.69) is 15.9 Å². The van der Waals surface area contributed by atoms with E-state index in [9.17, 15) is 0 Å². The van der Waals surface area contributed by atoms with Crippen molar-refractivity contribution < 1.29 is 0 Å². The molecule has 5 heteroatoms. The van der Waals surface area contributed by atoms with Crippen molar-refractivity contribution in [1.29, 1.82) is 0 Å². The van der Waals surface area contributed by atoms with Gasteiger partial charge in [-0.05, 0) is 55.8 Å². The highest BCUT2D eigenvalue weighted by molar-refractivity contribution is 6.35. The number of piperazine rings is 1. The highest BCUT2D eigenvalue weighted by atomic mass is 35.5. The minimum atomic E-state index is 0. The molecule has 2 saturated heterocycles. The summed E-state index contributed by atoms with van der Waals surface area (Å²) >= 11 is 12.6. The zero-order valence-electron chi connectivity index (χ0n) is 14.8. The number of hydrogen-bond donors (Lipinski definition) is 0. The smallest absolute Gasteiger partial charge is 0.0465 e. The van der Waals surface area contributed by atoms with Crippen LogP contribution >= 0.6 is 35.6 Å². The first-order valence-corrected chi connectivity index (χ1v) is 10.4. The molecule has 1 saturated carbocycles. The van der Waals surface area contributed by atoms with Crippen LogP contribution in [0.1, 0.15) is 50.5 Å². The SMILES string of the molecule is Cl.Clc1ccc(CN2CCN3CCCC3C2C2CCCCC2)c(Cl)c1. The second-order valence-electron chi connectivity index (χ2n) is 7.84. The Hall–Kier alpha value is 0.01000. The first kappa shape index (κ1) is 19.8. The first-order valence-electron chi connectivity index (χ1n) is 9.64. The molecule has 3 aliphatic rings. The van der Waals surface area contributed by atoms with E-state index in [0.29, 0.717) is 6.04 Å². The van der Waals surface area contributed by atoms with Crippen molar-refractivity contribution in [3.8, 4) is 0 Å². The normalized spacial score (nSPS) is 28.6. The topological polar surface area (TPSA) is 6.48 Å². The highest BCUT2D eigenvalue weighted by Gasteiger charge is 2.42. The zero-order valence-corrected chi connectivity index (χ0v) is 17.1. The fourth-order valence-electron chi connectivity index (χ4n) is 5.31. The molecule has 1 aromatic carbocycles. The van der Waals surface area contributed by atoms with Crippen LogP contribution in [0.3, 0.4) is 0 Å². The number of nitrogens with zero attached hydrogens (tertiary/aromatic N) is 2. The molecule has 2 nitrogen and oxygen atoms in total. The fraction of sp³-hybridized carbons (Fsp3) is 0.700. The van der Waals surface area contributed by atoms with E-state index in [1.165, 1.54) is 70.1 Å². The van der Waals surface area contributed by atoms with Crippen molar-refractivity contribution >= 4 is 35.6 Å². The molecule has 3 fully saturated rings. The molecule has 2 aliphatic heterocycles. The molecule has 0 bridgehead atoms. The summed E-state index contributed by atoms with van der Waals surface area (Å²) in [6.07, 6.45) is 9.86. The lowest BCUT2D eigenvalue weighted by Gasteiger charge is -2.49. The van der Waals surface area contributed by atoms with Crippen LogP contribution in [0, 0.1) is 5.92 Å². The second kappa shape index (κ2) is 8.80. The molecule has 0 N–H and O–H groups in total. The number of benzene rings is 1. The molecule has 0 spiro atoms. The minimum Gasteiger partial charge on any atom is -0.298 e. The summed E-state index contributed by atoms with van der Waals surface area (Å²) in [6.45, 7) is 4.68. The molecule has 4 rings (SSSR count). The summed E-state index contributed by atoms with van der Waals surface area (Å²) in [5.74, 6) is 0.871. The molecule has 2 unspecified atom stereocenters. The summed E-state index contributed by atoms with van der Waals surface area (Å²) in [5, 5.41) is 1.55. The lowest BCUT2D eigenvalue weighted by molar-refractivity contribution is -0.00378. The van der Waals surface area contributed by atoms with Gasteiger partial charge in [0.2, 0.25) is 0 Å². The van der Waals surface area contributed by atoms with Crippen LogP contribution in [0.25, 0.3) is 0 Å². The van der Waals surface area contributed by atoms with E-state index >= 15 is 0 Å². The van der Waals surface area contributed by atoms with Gasteiger partial charge in [0.25, 0.3) is 0 Å². The average molecular weight is 404 g/mol. The quantitative estimate of drug-likeness (QED) is 0.644. The van der Waals surface area contributed by atoms with Gasteiger partial charge in [0, 0.05) is 41.8 Å². The molecule has 0 aromatic heterocycles. The first-order chi connectivity index (χ1) is 11.7. The third-order valence-electron chi connectivity index (χ3n) is 6.43. The van der Waals surface area contributed by atoms with Crippen molar-refractivity contribution in [2.24, 2.45) is 5.92 Å². The Bertz CT molecular complexity index is 574.